The Balaban J connectivity index is 1.81. The molecule has 1 aliphatic heterocycles. The van der Waals surface area contributed by atoms with Gasteiger partial charge in [0.25, 0.3) is 0 Å². The molecule has 0 spiro atoms. The average Bonchev–Trinajstić information content (AvgIpc) is 2.74. The summed E-state index contributed by atoms with van der Waals surface area (Å²) in [6.45, 7) is 2.73. The Morgan fingerprint density at radius 2 is 2.19 bits per heavy atom. The molecular weight excluding hydrogens is 207 g/mol. The van der Waals surface area contributed by atoms with E-state index in [9.17, 15) is 4.39 Å². The van der Waals surface area contributed by atoms with Crippen LogP contribution in [0.1, 0.15) is 25.3 Å². The van der Waals surface area contributed by atoms with E-state index in [-0.39, 0.29) is 6.67 Å². The molecule has 0 saturated carbocycles. The number of aromatic nitrogens is 2. The minimum Gasteiger partial charge on any atom is -0.382 e. The molecule has 90 valence electrons. The second kappa shape index (κ2) is 5.30. The number of nitrogens with two attached hydrogens (primary N) is 1. The lowest BCUT2D eigenvalue weighted by Gasteiger charge is -2.31. The van der Waals surface area contributed by atoms with Gasteiger partial charge in [-0.05, 0) is 25.3 Å². The number of halogens is 1. The van der Waals surface area contributed by atoms with Crippen LogP contribution in [0.2, 0.25) is 0 Å². The Labute approximate surface area is 95.2 Å². The molecule has 0 aliphatic carbocycles. The van der Waals surface area contributed by atoms with Crippen LogP contribution in [0.3, 0.4) is 0 Å². The van der Waals surface area contributed by atoms with Crippen molar-refractivity contribution >= 4 is 5.82 Å². The molecule has 1 saturated heterocycles. The molecule has 1 aromatic rings. The van der Waals surface area contributed by atoms with Gasteiger partial charge in [-0.25, -0.2) is 0 Å². The van der Waals surface area contributed by atoms with Crippen LogP contribution in [0.4, 0.5) is 10.2 Å². The second-order valence-corrected chi connectivity index (χ2v) is 4.34. The van der Waals surface area contributed by atoms with Gasteiger partial charge in [0.05, 0.1) is 12.7 Å². The summed E-state index contributed by atoms with van der Waals surface area (Å²) in [4.78, 5) is 2.32. The third-order valence-corrected chi connectivity index (χ3v) is 3.17. The summed E-state index contributed by atoms with van der Waals surface area (Å²) in [7, 11) is 0. The van der Waals surface area contributed by atoms with Crippen molar-refractivity contribution in [1.29, 1.82) is 0 Å². The van der Waals surface area contributed by atoms with Crippen molar-refractivity contribution in [2.24, 2.45) is 0 Å². The van der Waals surface area contributed by atoms with Gasteiger partial charge in [-0.1, -0.05) is 0 Å². The zero-order valence-electron chi connectivity index (χ0n) is 9.48. The molecule has 1 aliphatic rings. The first-order chi connectivity index (χ1) is 7.79. The molecule has 16 heavy (non-hydrogen) atoms. The smallest absolute Gasteiger partial charge is 0.145 e. The Morgan fingerprint density at radius 3 is 2.75 bits per heavy atom. The van der Waals surface area contributed by atoms with Gasteiger partial charge in [-0.2, -0.15) is 5.10 Å². The summed E-state index contributed by atoms with van der Waals surface area (Å²) in [5.74, 6) is 0.583. The molecule has 4 nitrogen and oxygen atoms in total. The first-order valence-corrected chi connectivity index (χ1v) is 5.88. The summed E-state index contributed by atoms with van der Waals surface area (Å²) >= 11 is 0. The maximum Gasteiger partial charge on any atom is 0.145 e. The van der Waals surface area contributed by atoms with Crippen LogP contribution in [-0.2, 0) is 0 Å². The highest BCUT2D eigenvalue weighted by atomic mass is 19.1. The van der Waals surface area contributed by atoms with Gasteiger partial charge in [0.15, 0.2) is 0 Å². The first-order valence-electron chi connectivity index (χ1n) is 5.88. The molecule has 0 bridgehead atoms. The van der Waals surface area contributed by atoms with E-state index in [4.69, 9.17) is 5.73 Å². The van der Waals surface area contributed by atoms with Crippen molar-refractivity contribution in [3.05, 3.63) is 12.3 Å². The lowest BCUT2D eigenvalue weighted by Crippen LogP contribution is -2.35. The van der Waals surface area contributed by atoms with E-state index in [1.165, 1.54) is 0 Å². The maximum absolute atomic E-state index is 12.0. The number of likely N-dealkylation sites (tertiary alicyclic amines) is 1. The van der Waals surface area contributed by atoms with Gasteiger partial charge < -0.3 is 10.6 Å². The van der Waals surface area contributed by atoms with E-state index < -0.39 is 0 Å². The monoisotopic (exact) mass is 226 g/mol. The lowest BCUT2D eigenvalue weighted by molar-refractivity contribution is 0.174. The van der Waals surface area contributed by atoms with Crippen LogP contribution >= 0.6 is 0 Å². The number of piperidine rings is 1. The Hall–Kier alpha value is -1.10. The third-order valence-electron chi connectivity index (χ3n) is 3.17. The predicted molar refractivity (Wildman–Crippen MR) is 61.9 cm³/mol. The van der Waals surface area contributed by atoms with Crippen molar-refractivity contribution in [2.75, 3.05) is 32.0 Å². The number of nitrogens with zero attached hydrogens (tertiary/aromatic N) is 3. The van der Waals surface area contributed by atoms with Crippen LogP contribution in [0.15, 0.2) is 12.3 Å². The van der Waals surface area contributed by atoms with Gasteiger partial charge >= 0.3 is 0 Å². The number of rotatable bonds is 4. The molecule has 2 rings (SSSR count). The molecule has 2 heterocycles. The fourth-order valence-electron chi connectivity index (χ4n) is 2.25. The van der Waals surface area contributed by atoms with Crippen LogP contribution in [-0.4, -0.2) is 41.0 Å². The van der Waals surface area contributed by atoms with Crippen molar-refractivity contribution in [1.82, 2.24) is 14.7 Å². The average molecular weight is 226 g/mol. The molecule has 0 radical (unpaired) electrons. The van der Waals surface area contributed by atoms with E-state index >= 15 is 0 Å². The van der Waals surface area contributed by atoms with E-state index in [1.54, 1.807) is 0 Å². The topological polar surface area (TPSA) is 47.1 Å². The minimum atomic E-state index is -0.213. The van der Waals surface area contributed by atoms with Crippen LogP contribution in [0, 0.1) is 0 Å². The normalized spacial score (nSPS) is 19.1. The largest absolute Gasteiger partial charge is 0.382 e. The quantitative estimate of drug-likeness (QED) is 0.845. The van der Waals surface area contributed by atoms with Crippen molar-refractivity contribution in [3.8, 4) is 0 Å². The summed E-state index contributed by atoms with van der Waals surface area (Å²) < 4.78 is 14.0. The molecule has 0 unspecified atom stereocenters. The maximum atomic E-state index is 12.0. The molecule has 5 heteroatoms. The summed E-state index contributed by atoms with van der Waals surface area (Å²) in [6.07, 6.45) is 4.75. The zero-order valence-corrected chi connectivity index (χ0v) is 9.48. The standard InChI is InChI=1S/C11H19FN4/c12-5-1-6-15-7-2-10(3-8-15)16-9-4-11(13)14-16/h4,9-10H,1-3,5-8H2,(H2,13,14). The minimum absolute atomic E-state index is 0.213. The Kier molecular flexibility index (Phi) is 3.77. The van der Waals surface area contributed by atoms with E-state index in [0.717, 1.165) is 32.5 Å². The molecule has 0 aromatic carbocycles. The van der Waals surface area contributed by atoms with Crippen molar-refractivity contribution in [3.63, 3.8) is 0 Å². The number of nitrogen functional groups attached to an aromatic ring is 1. The van der Waals surface area contributed by atoms with Gasteiger partial charge in [-0.3, -0.25) is 9.07 Å². The van der Waals surface area contributed by atoms with Gasteiger partial charge in [0, 0.05) is 25.8 Å². The number of hydrogen-bond acceptors (Lipinski definition) is 3. The predicted octanol–water partition coefficient (Wildman–Crippen LogP) is 1.46. The number of anilines is 1. The number of alkyl halides is 1. The van der Waals surface area contributed by atoms with Crippen LogP contribution in [0.5, 0.6) is 0 Å². The summed E-state index contributed by atoms with van der Waals surface area (Å²) in [5.41, 5.74) is 5.59. The highest BCUT2D eigenvalue weighted by Crippen LogP contribution is 2.22. The summed E-state index contributed by atoms with van der Waals surface area (Å²) in [5, 5.41) is 4.24. The summed E-state index contributed by atoms with van der Waals surface area (Å²) in [6, 6.07) is 2.29. The highest BCUT2D eigenvalue weighted by molar-refractivity contribution is 5.24. The fourth-order valence-corrected chi connectivity index (χ4v) is 2.25. The molecule has 1 aromatic heterocycles. The molecular formula is C11H19FN4. The SMILES string of the molecule is Nc1ccn(C2CCN(CCCF)CC2)n1. The van der Waals surface area contributed by atoms with Gasteiger partial charge in [-0.15, -0.1) is 0 Å². The van der Waals surface area contributed by atoms with Crippen molar-refractivity contribution in [2.45, 2.75) is 25.3 Å². The van der Waals surface area contributed by atoms with Gasteiger partial charge in [0.2, 0.25) is 0 Å². The van der Waals surface area contributed by atoms with E-state index in [0.29, 0.717) is 18.3 Å². The third kappa shape index (κ3) is 2.72. The molecule has 0 atom stereocenters. The van der Waals surface area contributed by atoms with E-state index in [2.05, 4.69) is 10.00 Å². The second-order valence-electron chi connectivity index (χ2n) is 4.34. The molecule has 2 N–H and O–H groups in total. The first kappa shape index (κ1) is 11.4. The van der Waals surface area contributed by atoms with E-state index in [1.807, 2.05) is 16.9 Å². The zero-order chi connectivity index (χ0) is 11.4. The van der Waals surface area contributed by atoms with Gasteiger partial charge in [0.1, 0.15) is 5.82 Å². The van der Waals surface area contributed by atoms with Crippen LogP contribution < -0.4 is 5.73 Å². The van der Waals surface area contributed by atoms with Crippen molar-refractivity contribution < 1.29 is 4.39 Å². The highest BCUT2D eigenvalue weighted by Gasteiger charge is 2.20. The Morgan fingerprint density at radius 1 is 1.44 bits per heavy atom. The number of hydrogen-bond donors (Lipinski definition) is 1. The lowest BCUT2D eigenvalue weighted by atomic mass is 10.1. The Bertz CT molecular complexity index is 318. The molecule has 0 amide bonds. The van der Waals surface area contributed by atoms with Crippen LogP contribution in [0.25, 0.3) is 0 Å². The fraction of sp³-hybridized carbons (Fsp3) is 0.727. The molecule has 1 fully saturated rings.